The molecule has 0 spiro atoms. The van der Waals surface area contributed by atoms with Crippen LogP contribution in [0.4, 0.5) is 0 Å². The Kier molecular flexibility index (Phi) is 75.1. The zero-order valence-electron chi connectivity index (χ0n) is 68.4. The molecule has 0 heterocycles. The summed E-state index contributed by atoms with van der Waals surface area (Å²) in [6, 6.07) is -1.04. The highest BCUT2D eigenvalue weighted by atomic mass is 33.1. The Hall–Kier alpha value is -1.49. The van der Waals surface area contributed by atoms with E-state index in [2.05, 4.69) is 33.0 Å². The molecule has 4 N–H and O–H groups in total. The first kappa shape index (κ1) is 105. The van der Waals surface area contributed by atoms with Gasteiger partial charge in [0, 0.05) is 37.9 Å². The fourth-order valence-corrected chi connectivity index (χ4v) is 16.3. The first-order valence-electron chi connectivity index (χ1n) is 43.2. The summed E-state index contributed by atoms with van der Waals surface area (Å²) >= 11 is 0. The van der Waals surface area contributed by atoms with E-state index in [-0.39, 0.29) is 51.9 Å². The monoisotopic (exact) mass is 1590 g/mol. The lowest BCUT2D eigenvalue weighted by Gasteiger charge is -2.30. The third kappa shape index (κ3) is 75.2. The molecule has 106 heavy (non-hydrogen) atoms. The molecule has 0 aromatic carbocycles. The largest absolute Gasteiger partial charge is 0.606 e. The van der Waals surface area contributed by atoms with Crippen molar-refractivity contribution in [2.24, 2.45) is 0 Å². The topological polar surface area (TPSA) is 278 Å². The number of carbonyl (C=O) groups excluding carboxylic acids is 5. The van der Waals surface area contributed by atoms with E-state index in [9.17, 15) is 48.7 Å². The van der Waals surface area contributed by atoms with Crippen molar-refractivity contribution in [3.05, 3.63) is 0 Å². The molecule has 0 aromatic rings. The van der Waals surface area contributed by atoms with Crippen LogP contribution < -0.4 is 15.1 Å². The minimum Gasteiger partial charge on any atom is -0.606 e. The van der Waals surface area contributed by atoms with Gasteiger partial charge in [-0.2, -0.15) is 27.9 Å². The molecule has 0 fully saturated rings. The van der Waals surface area contributed by atoms with E-state index >= 15 is 0 Å². The second-order valence-corrected chi connectivity index (χ2v) is 36.1. The molecular weight excluding hydrogens is 1430 g/mol. The van der Waals surface area contributed by atoms with Crippen molar-refractivity contribution >= 4 is 67.7 Å². The van der Waals surface area contributed by atoms with Crippen LogP contribution in [0, 0.1) is 0 Å². The number of aliphatic hydroxyl groups excluding tert-OH is 1. The molecule has 5 atom stereocenters. The van der Waals surface area contributed by atoms with E-state index in [1.807, 2.05) is 14.1 Å². The van der Waals surface area contributed by atoms with Crippen molar-refractivity contribution in [3.8, 4) is 0 Å². The first-order chi connectivity index (χ1) is 51.3. The third-order valence-electron chi connectivity index (χ3n) is 19.5. The molecule has 628 valence electrons. The maximum atomic E-state index is 13.1. The fraction of sp³-hybridized carbons (Fsp3) is 0.939. The molecule has 0 bridgehead atoms. The molecule has 24 heteroatoms. The van der Waals surface area contributed by atoms with Crippen LogP contribution in [-0.2, 0) is 61.0 Å². The molecule has 20 nitrogen and oxygen atoms in total. The summed E-state index contributed by atoms with van der Waals surface area (Å²) in [5.74, 6) is -1.23. The summed E-state index contributed by atoms with van der Waals surface area (Å²) in [6.07, 6.45) is 59.7. The van der Waals surface area contributed by atoms with Gasteiger partial charge in [-0.15, -0.1) is 0 Å². The number of nitrogens with zero attached hydrogens (tertiary/aromatic N) is 1. The van der Waals surface area contributed by atoms with Crippen molar-refractivity contribution in [2.45, 2.75) is 412 Å². The summed E-state index contributed by atoms with van der Waals surface area (Å²) in [4.78, 5) is 112. The number of hydrogen-bond donors (Lipinski definition) is 4. The Bertz CT molecular complexity index is 2010. The summed E-state index contributed by atoms with van der Waals surface area (Å²) in [6.45, 7) is 6.91. The lowest BCUT2D eigenvalue weighted by atomic mass is 10.0. The van der Waals surface area contributed by atoms with Gasteiger partial charge in [-0.3, -0.25) is 24.0 Å². The van der Waals surface area contributed by atoms with Crippen molar-refractivity contribution in [1.82, 2.24) is 5.32 Å². The van der Waals surface area contributed by atoms with Gasteiger partial charge in [0.05, 0.1) is 39.0 Å². The zero-order chi connectivity index (χ0) is 78.0. The molecule has 1 amide bonds. The van der Waals surface area contributed by atoms with Gasteiger partial charge < -0.3 is 43.6 Å². The number of ether oxygens (including phenoxy) is 4. The van der Waals surface area contributed by atoms with E-state index in [1.165, 1.54) is 253 Å². The number of amides is 1. The van der Waals surface area contributed by atoms with Crippen LogP contribution >= 0.6 is 37.9 Å². The molecule has 5 unspecified atom stereocenters. The number of likely N-dealkylation sites (N-methyl/N-ethyl adjacent to an activating group) is 1. The number of phosphoric ester groups is 2. The molecule has 0 aromatic heterocycles. The summed E-state index contributed by atoms with van der Waals surface area (Å²) in [5.41, 5.74) is 0. The van der Waals surface area contributed by atoms with Crippen LogP contribution in [0.15, 0.2) is 0 Å². The molecule has 0 saturated heterocycles. The van der Waals surface area contributed by atoms with E-state index in [4.69, 9.17) is 37.0 Å². The number of nitrogens with one attached hydrogen (secondary N) is 1. The van der Waals surface area contributed by atoms with Gasteiger partial charge in [-0.05, 0) is 25.7 Å². The number of aliphatic hydroxyl groups is 1. The second kappa shape index (κ2) is 76.2. The second-order valence-electron chi connectivity index (χ2n) is 30.4. The minimum atomic E-state index is -4.82. The van der Waals surface area contributed by atoms with Gasteiger partial charge in [0.15, 0.2) is 12.2 Å². The number of esters is 4. The van der Waals surface area contributed by atoms with E-state index in [0.717, 1.165) is 77.0 Å². The van der Waals surface area contributed by atoms with Crippen molar-refractivity contribution < 1.29 is 90.2 Å². The van der Waals surface area contributed by atoms with Crippen LogP contribution in [0.25, 0.3) is 0 Å². The molecule has 0 aliphatic heterocycles. The third-order valence-corrected chi connectivity index (χ3v) is 23.8. The van der Waals surface area contributed by atoms with Crippen molar-refractivity contribution in [2.75, 3.05) is 84.9 Å². The SMILES string of the molecule is CCCCCCCCCCCCCCCCCC(=O)OCC(CO[P+]([O-])(O)OCC(CO)NC(=O)CCSSCC[N+](C)(C)CCO[P+]([O-])(O)OCC(COC(=O)CCCCCCCCCCCCC)OC(=O)CCCCCCCCCCCCC)OC(=O)CCCCCCCCCCCCCCCCC. The van der Waals surface area contributed by atoms with Gasteiger partial charge in [0.2, 0.25) is 5.91 Å². The minimum absolute atomic E-state index is 0.0747. The van der Waals surface area contributed by atoms with Gasteiger partial charge >= 0.3 is 40.2 Å². The van der Waals surface area contributed by atoms with E-state index in [0.29, 0.717) is 54.8 Å². The molecule has 0 aliphatic carbocycles. The number of unbranched alkanes of at least 4 members (excludes halogenated alkanes) is 48. The molecular formula is C82H161N2O18P2S2+. The summed E-state index contributed by atoms with van der Waals surface area (Å²) < 4.78 is 43.9. The maximum absolute atomic E-state index is 13.1. The van der Waals surface area contributed by atoms with Crippen LogP contribution in [0.5, 0.6) is 0 Å². The van der Waals surface area contributed by atoms with E-state index < -0.39 is 90.8 Å². The Morgan fingerprint density at radius 1 is 0.349 bits per heavy atom. The van der Waals surface area contributed by atoms with Crippen LogP contribution in [0.1, 0.15) is 394 Å². The van der Waals surface area contributed by atoms with Gasteiger partial charge in [0.1, 0.15) is 46.2 Å². The molecule has 0 radical (unpaired) electrons. The number of quaternary nitrogens is 1. The first-order valence-corrected chi connectivity index (χ1v) is 48.7. The number of rotatable bonds is 84. The highest BCUT2D eigenvalue weighted by Crippen LogP contribution is 2.48. The average molecular weight is 1590 g/mol. The highest BCUT2D eigenvalue weighted by molar-refractivity contribution is 8.76. The smallest absolute Gasteiger partial charge is 0.377 e. The highest BCUT2D eigenvalue weighted by Gasteiger charge is 2.34. The number of hydrogen-bond acceptors (Lipinski definition) is 20. The Morgan fingerprint density at radius 2 is 0.613 bits per heavy atom. The Labute approximate surface area is 656 Å². The lowest BCUT2D eigenvalue weighted by Crippen LogP contribution is -2.44. The molecule has 0 saturated carbocycles. The predicted molar refractivity (Wildman–Crippen MR) is 435 cm³/mol. The van der Waals surface area contributed by atoms with Crippen molar-refractivity contribution in [3.63, 3.8) is 0 Å². The summed E-state index contributed by atoms with van der Waals surface area (Å²) in [7, 11) is -2.52. The van der Waals surface area contributed by atoms with Crippen molar-refractivity contribution in [1.29, 1.82) is 0 Å². The van der Waals surface area contributed by atoms with Crippen LogP contribution in [0.3, 0.4) is 0 Å². The Morgan fingerprint density at radius 3 is 0.915 bits per heavy atom. The molecule has 0 aliphatic rings. The normalized spacial score (nSPS) is 13.8. The van der Waals surface area contributed by atoms with Gasteiger partial charge in [0.25, 0.3) is 0 Å². The van der Waals surface area contributed by atoms with Gasteiger partial charge in [-0.25, -0.2) is 0 Å². The predicted octanol–water partition coefficient (Wildman–Crippen LogP) is 20.3. The zero-order valence-corrected chi connectivity index (χ0v) is 71.9. The maximum Gasteiger partial charge on any atom is 0.377 e. The quantitative estimate of drug-likeness (QED) is 0.0110. The lowest BCUT2D eigenvalue weighted by molar-refractivity contribution is -0.887. The number of carbonyl (C=O) groups is 5. The average Bonchev–Trinajstić information content (AvgIpc) is 0.905. The van der Waals surface area contributed by atoms with Crippen LogP contribution in [0.2, 0.25) is 0 Å². The molecule has 0 rings (SSSR count). The van der Waals surface area contributed by atoms with Gasteiger partial charge in [-0.1, -0.05) is 357 Å². The van der Waals surface area contributed by atoms with E-state index in [1.54, 1.807) is 0 Å². The Balaban J connectivity index is 5.06. The fourth-order valence-electron chi connectivity index (χ4n) is 12.5. The van der Waals surface area contributed by atoms with Crippen LogP contribution in [-0.4, -0.2) is 152 Å². The summed E-state index contributed by atoms with van der Waals surface area (Å²) in [5, 5.41) is 12.7. The standard InChI is InChI=1S/C82H160N2O18P2S2/c1-7-11-15-19-23-27-31-33-35-37-41-44-48-52-56-60-80(88)96-72-77(102-82(90)62-58-54-50-46-42-38-36-34-32-28-24-20-16-12-8-2)74-100-104(93,94)98-70-75(69-85)83-78(86)63-67-105-106-68-65-84(5,6)64-66-97-103(91,92)99-73-76(101-81(89)61-57-53-49-45-40-30-26-22-18-14-10-4)71-95-79(87)59-55-51-47-43-39-29-25-21-17-13-9-3/h75-77,85H,7-74H2,1-6H3,(H2-,83,86,91,92,93,94)/p+1. The number of phosphoric acid groups is 2.